The van der Waals surface area contributed by atoms with E-state index in [9.17, 15) is 0 Å². The van der Waals surface area contributed by atoms with E-state index in [2.05, 4.69) is 50.0 Å². The lowest BCUT2D eigenvalue weighted by atomic mass is 9.85. The summed E-state index contributed by atoms with van der Waals surface area (Å²) in [6, 6.07) is 0.957. The highest BCUT2D eigenvalue weighted by atomic mass is 16.5. The Balaban J connectivity index is 1.90. The van der Waals surface area contributed by atoms with Crippen molar-refractivity contribution in [3.05, 3.63) is 6.04 Å². The van der Waals surface area contributed by atoms with Crippen LogP contribution in [0.15, 0.2) is 10.3 Å². The average molecular weight is 441 g/mol. The molecule has 1 heterocycles. The van der Waals surface area contributed by atoms with Crippen molar-refractivity contribution in [3.8, 4) is 0 Å². The van der Waals surface area contributed by atoms with Gasteiger partial charge in [-0.2, -0.15) is 0 Å². The van der Waals surface area contributed by atoms with Gasteiger partial charge in [-0.3, -0.25) is 0 Å². The molecule has 0 aromatic heterocycles. The third-order valence-electron chi connectivity index (χ3n) is 5.79. The van der Waals surface area contributed by atoms with E-state index in [-0.39, 0.29) is 0 Å². The summed E-state index contributed by atoms with van der Waals surface area (Å²) in [4.78, 5) is 2.36. The number of ether oxygens (including phenoxy) is 3. The molecular weight excluding hydrogens is 392 g/mol. The number of rotatable bonds is 21. The molecule has 31 heavy (non-hydrogen) atoms. The minimum Gasteiger partial charge on any atom is -0.379 e. The van der Waals surface area contributed by atoms with E-state index in [1.165, 1.54) is 25.7 Å². The van der Waals surface area contributed by atoms with Crippen molar-refractivity contribution in [2.75, 3.05) is 66.3 Å². The Hall–Kier alpha value is -0.890. The van der Waals surface area contributed by atoms with Gasteiger partial charge in [0, 0.05) is 19.6 Å². The third kappa shape index (κ3) is 15.5. The molecule has 7 nitrogen and oxygen atoms in total. The minimum atomic E-state index is 0.487. The number of unbranched alkanes of at least 4 members (excludes halogenated alkanes) is 2. The monoisotopic (exact) mass is 440 g/mol. The van der Waals surface area contributed by atoms with Crippen LogP contribution < -0.4 is 0 Å². The van der Waals surface area contributed by atoms with Crippen LogP contribution in [0, 0.1) is 11.5 Å². The second kappa shape index (κ2) is 17.6. The SMILES string of the molecule is CCCCOCC[N+]1=C[C](CCOCCOCCN(C)CCCCC(C)(C)CC)N=N1. The average Bonchev–Trinajstić information content (AvgIpc) is 3.20. The lowest BCUT2D eigenvalue weighted by Crippen LogP contribution is -2.25. The minimum absolute atomic E-state index is 0.487. The van der Waals surface area contributed by atoms with E-state index < -0.39 is 0 Å². The van der Waals surface area contributed by atoms with Gasteiger partial charge in [0.15, 0.2) is 6.21 Å². The topological polar surface area (TPSA) is 58.7 Å². The molecule has 0 saturated carbocycles. The molecule has 0 amide bonds. The molecule has 181 valence electrons. The lowest BCUT2D eigenvalue weighted by Gasteiger charge is -2.23. The summed E-state index contributed by atoms with van der Waals surface area (Å²) in [5.74, 6) is 0. The zero-order valence-corrected chi connectivity index (χ0v) is 20.9. The fourth-order valence-electron chi connectivity index (χ4n) is 3.06. The van der Waals surface area contributed by atoms with Crippen LogP contribution in [0.4, 0.5) is 0 Å². The van der Waals surface area contributed by atoms with E-state index in [1.807, 2.05) is 10.9 Å². The Morgan fingerprint density at radius 3 is 2.39 bits per heavy atom. The summed E-state index contributed by atoms with van der Waals surface area (Å²) in [6.07, 6.45) is 10.2. The van der Waals surface area contributed by atoms with Crippen LogP contribution in [0.5, 0.6) is 0 Å². The molecule has 1 rings (SSSR count). The number of nitrogens with zero attached hydrogens (tertiary/aromatic N) is 4. The molecule has 0 fully saturated rings. The second-order valence-electron chi connectivity index (χ2n) is 9.19. The van der Waals surface area contributed by atoms with E-state index in [0.717, 1.165) is 58.2 Å². The molecular formula is C24H48N4O3+. The molecule has 0 bridgehead atoms. The Labute approximate surface area is 191 Å². The van der Waals surface area contributed by atoms with Gasteiger partial charge in [0.25, 0.3) is 6.04 Å². The maximum atomic E-state index is 5.70. The summed E-state index contributed by atoms with van der Waals surface area (Å²) >= 11 is 0. The number of hydrogen-bond donors (Lipinski definition) is 0. The van der Waals surface area contributed by atoms with Crippen molar-refractivity contribution in [3.63, 3.8) is 0 Å². The van der Waals surface area contributed by atoms with Crippen molar-refractivity contribution in [1.29, 1.82) is 0 Å². The first-order valence-electron chi connectivity index (χ1n) is 12.3. The van der Waals surface area contributed by atoms with E-state index in [1.54, 1.807) is 0 Å². The largest absolute Gasteiger partial charge is 0.379 e. The molecule has 0 spiro atoms. The summed E-state index contributed by atoms with van der Waals surface area (Å²) in [6.45, 7) is 16.2. The summed E-state index contributed by atoms with van der Waals surface area (Å²) < 4.78 is 18.8. The normalized spacial score (nSPS) is 14.7. The lowest BCUT2D eigenvalue weighted by molar-refractivity contribution is -0.534. The first-order chi connectivity index (χ1) is 15.0. The number of hydrogen-bond acceptors (Lipinski definition) is 6. The van der Waals surface area contributed by atoms with Crippen molar-refractivity contribution in [1.82, 2.24) is 4.90 Å². The zero-order chi connectivity index (χ0) is 22.8. The smallest absolute Gasteiger partial charge is 0.290 e. The van der Waals surface area contributed by atoms with Crippen LogP contribution in [0.1, 0.15) is 72.6 Å². The molecule has 0 aromatic rings. The van der Waals surface area contributed by atoms with Gasteiger partial charge in [0.1, 0.15) is 11.8 Å². The standard InChI is InChI=1S/C24H48N4O3/c1-6-8-16-29-19-15-28-22-23(25-26-28)11-17-30-20-21-31-18-14-27(5)13-10-9-12-24(3,4)7-2/h22H,6-21H2,1-5H3/q+1. The van der Waals surface area contributed by atoms with Crippen LogP contribution >= 0.6 is 0 Å². The van der Waals surface area contributed by atoms with Gasteiger partial charge in [-0.05, 0) is 38.3 Å². The maximum absolute atomic E-state index is 5.70. The van der Waals surface area contributed by atoms with Gasteiger partial charge >= 0.3 is 0 Å². The molecule has 0 aromatic carbocycles. The van der Waals surface area contributed by atoms with Crippen LogP contribution in [0.3, 0.4) is 0 Å². The fourth-order valence-corrected chi connectivity index (χ4v) is 3.06. The molecule has 0 N–H and O–H groups in total. The highest BCUT2D eigenvalue weighted by Crippen LogP contribution is 2.26. The summed E-state index contributed by atoms with van der Waals surface area (Å²) in [7, 11) is 2.18. The highest BCUT2D eigenvalue weighted by Gasteiger charge is 2.23. The van der Waals surface area contributed by atoms with Gasteiger partial charge in [0.05, 0.1) is 38.1 Å². The van der Waals surface area contributed by atoms with Crippen molar-refractivity contribution < 1.29 is 18.9 Å². The molecule has 1 aliphatic rings. The Bertz CT molecular complexity index is 497. The Morgan fingerprint density at radius 2 is 1.65 bits per heavy atom. The first-order valence-corrected chi connectivity index (χ1v) is 12.3. The van der Waals surface area contributed by atoms with Crippen LogP contribution in [-0.2, 0) is 14.2 Å². The van der Waals surface area contributed by atoms with Crippen LogP contribution in [-0.4, -0.2) is 82.1 Å². The van der Waals surface area contributed by atoms with Gasteiger partial charge in [-0.15, -0.1) is 4.68 Å². The fraction of sp³-hybridized carbons (Fsp3) is 0.917. The zero-order valence-electron chi connectivity index (χ0n) is 20.9. The van der Waals surface area contributed by atoms with Gasteiger partial charge in [-0.1, -0.05) is 47.0 Å². The predicted octanol–water partition coefficient (Wildman–Crippen LogP) is 4.76. The molecule has 1 aliphatic heterocycles. The Morgan fingerprint density at radius 1 is 0.903 bits per heavy atom. The molecule has 0 unspecified atom stereocenters. The van der Waals surface area contributed by atoms with E-state index >= 15 is 0 Å². The van der Waals surface area contributed by atoms with Crippen molar-refractivity contribution in [2.24, 2.45) is 15.8 Å². The Kier molecular flexibility index (Phi) is 16.0. The van der Waals surface area contributed by atoms with Crippen molar-refractivity contribution in [2.45, 2.75) is 72.6 Å². The van der Waals surface area contributed by atoms with E-state index in [4.69, 9.17) is 14.2 Å². The first kappa shape index (κ1) is 28.1. The summed E-state index contributed by atoms with van der Waals surface area (Å²) in [5, 5.41) is 8.32. The van der Waals surface area contributed by atoms with E-state index in [0.29, 0.717) is 31.8 Å². The van der Waals surface area contributed by atoms with Gasteiger partial charge in [-0.25, -0.2) is 0 Å². The molecule has 7 heteroatoms. The van der Waals surface area contributed by atoms with Crippen LogP contribution in [0.2, 0.25) is 0 Å². The second-order valence-corrected chi connectivity index (χ2v) is 9.19. The third-order valence-corrected chi connectivity index (χ3v) is 5.79. The predicted molar refractivity (Wildman–Crippen MR) is 127 cm³/mol. The van der Waals surface area contributed by atoms with Crippen molar-refractivity contribution >= 4 is 6.21 Å². The van der Waals surface area contributed by atoms with Gasteiger partial charge < -0.3 is 19.1 Å². The number of likely N-dealkylation sites (N-methyl/N-ethyl adjacent to an activating group) is 1. The molecule has 0 atom stereocenters. The summed E-state index contributed by atoms with van der Waals surface area (Å²) in [5.41, 5.74) is 0.487. The highest BCUT2D eigenvalue weighted by molar-refractivity contribution is 5.69. The maximum Gasteiger partial charge on any atom is 0.290 e. The van der Waals surface area contributed by atoms with Crippen LogP contribution in [0.25, 0.3) is 0 Å². The molecule has 0 aliphatic carbocycles. The molecule has 1 radical (unpaired) electrons. The quantitative estimate of drug-likeness (QED) is 0.191. The molecule has 0 saturated heterocycles. The van der Waals surface area contributed by atoms with Gasteiger partial charge in [0.2, 0.25) is 0 Å².